The van der Waals surface area contributed by atoms with Crippen LogP contribution in [0.15, 0.2) is 22.7 Å². The number of nitrogens with zero attached hydrogens (tertiary/aromatic N) is 1. The van der Waals surface area contributed by atoms with Crippen molar-refractivity contribution in [3.63, 3.8) is 0 Å². The lowest BCUT2D eigenvalue weighted by atomic mass is 10.2. The minimum atomic E-state index is -0.222. The second-order valence-corrected chi connectivity index (χ2v) is 5.30. The molecule has 0 saturated carbocycles. The first kappa shape index (κ1) is 14.5. The minimum Gasteiger partial charge on any atom is -0.393 e. The average Bonchev–Trinajstić information content (AvgIpc) is 2.22. The highest BCUT2D eigenvalue weighted by Crippen LogP contribution is 2.16. The molecule has 0 saturated heterocycles. The van der Waals surface area contributed by atoms with Gasteiger partial charge >= 0.3 is 0 Å². The fourth-order valence-electron chi connectivity index (χ4n) is 1.58. The van der Waals surface area contributed by atoms with Crippen LogP contribution in [-0.2, 0) is 6.54 Å². The number of nitrogens with two attached hydrogens (primary N) is 1. The molecule has 0 atom stereocenters. The lowest BCUT2D eigenvalue weighted by Crippen LogP contribution is -2.27. The van der Waals surface area contributed by atoms with Crippen LogP contribution in [0.5, 0.6) is 0 Å². The van der Waals surface area contributed by atoms with E-state index in [-0.39, 0.29) is 5.82 Å². The molecule has 2 nitrogen and oxygen atoms in total. The zero-order valence-corrected chi connectivity index (χ0v) is 12.2. The monoisotopic (exact) mass is 318 g/mol. The molecule has 1 rings (SSSR count). The molecule has 0 bridgehead atoms. The van der Waals surface area contributed by atoms with Gasteiger partial charge in [0.1, 0.15) is 5.82 Å². The van der Waals surface area contributed by atoms with E-state index in [0.717, 1.165) is 23.1 Å². The number of rotatable bonds is 6. The molecule has 94 valence electrons. The molecule has 0 spiro atoms. The number of hydrogen-bond donors (Lipinski definition) is 1. The highest BCUT2D eigenvalue weighted by molar-refractivity contribution is 9.10. The molecule has 17 heavy (non-hydrogen) atoms. The smallest absolute Gasteiger partial charge is 0.124 e. The summed E-state index contributed by atoms with van der Waals surface area (Å²) in [5.41, 5.74) is 6.42. The third-order valence-corrected chi connectivity index (χ3v) is 3.11. The van der Waals surface area contributed by atoms with Gasteiger partial charge in [0, 0.05) is 24.0 Å². The molecule has 0 aliphatic heterocycles. The van der Waals surface area contributed by atoms with Gasteiger partial charge in [0.2, 0.25) is 0 Å². The maximum absolute atomic E-state index is 13.2. The van der Waals surface area contributed by atoms with Crippen LogP contribution in [0, 0.1) is 5.82 Å². The van der Waals surface area contributed by atoms with Crippen LogP contribution in [0.2, 0.25) is 0 Å². The van der Waals surface area contributed by atoms with E-state index in [1.54, 1.807) is 6.07 Å². The molecule has 1 aromatic carbocycles. The molecule has 0 fully saturated rings. The molecular weight excluding hydrogens is 303 g/mol. The largest absolute Gasteiger partial charge is 0.393 e. The Morgan fingerprint density at radius 1 is 1.47 bits per heavy atom. The van der Waals surface area contributed by atoms with Crippen molar-refractivity contribution in [2.75, 3.05) is 13.1 Å². The summed E-state index contributed by atoms with van der Waals surface area (Å²) in [4.78, 5) is 2.70. The molecule has 0 unspecified atom stereocenters. The van der Waals surface area contributed by atoms with Gasteiger partial charge in [0.05, 0.1) is 4.99 Å². The normalized spacial score (nSPS) is 10.8. The van der Waals surface area contributed by atoms with E-state index in [1.165, 1.54) is 6.07 Å². The Balaban J connectivity index is 2.63. The summed E-state index contributed by atoms with van der Waals surface area (Å²) in [6.45, 7) is 4.46. The summed E-state index contributed by atoms with van der Waals surface area (Å²) in [7, 11) is 0. The van der Waals surface area contributed by atoms with Crippen molar-refractivity contribution in [3.05, 3.63) is 34.1 Å². The second kappa shape index (κ2) is 7.03. The maximum Gasteiger partial charge on any atom is 0.124 e. The minimum absolute atomic E-state index is 0.222. The van der Waals surface area contributed by atoms with Gasteiger partial charge in [-0.25, -0.2) is 4.39 Å². The first-order chi connectivity index (χ1) is 8.01. The SMILES string of the molecule is CCN(CCC(N)=S)Cc1cc(F)cc(Br)c1. The van der Waals surface area contributed by atoms with Crippen molar-refractivity contribution < 1.29 is 4.39 Å². The van der Waals surface area contributed by atoms with Gasteiger partial charge in [-0.1, -0.05) is 35.1 Å². The zero-order valence-electron chi connectivity index (χ0n) is 9.75. The Morgan fingerprint density at radius 3 is 2.71 bits per heavy atom. The summed E-state index contributed by atoms with van der Waals surface area (Å²) in [5, 5.41) is 0. The van der Waals surface area contributed by atoms with E-state index in [4.69, 9.17) is 18.0 Å². The molecule has 0 heterocycles. The van der Waals surface area contributed by atoms with Gasteiger partial charge in [-0.2, -0.15) is 0 Å². The fourth-order valence-corrected chi connectivity index (χ4v) is 2.18. The molecule has 0 aliphatic rings. The van der Waals surface area contributed by atoms with Crippen LogP contribution in [0.3, 0.4) is 0 Å². The van der Waals surface area contributed by atoms with Gasteiger partial charge in [-0.3, -0.25) is 4.90 Å². The summed E-state index contributed by atoms with van der Waals surface area (Å²) in [6, 6.07) is 4.93. The first-order valence-corrected chi connectivity index (χ1v) is 6.67. The lowest BCUT2D eigenvalue weighted by molar-refractivity contribution is 0.288. The number of halogens is 2. The highest BCUT2D eigenvalue weighted by Gasteiger charge is 2.06. The van der Waals surface area contributed by atoms with Crippen molar-refractivity contribution in [2.24, 2.45) is 5.73 Å². The predicted octanol–water partition coefficient (Wildman–Crippen LogP) is 3.09. The summed E-state index contributed by atoms with van der Waals surface area (Å²) in [6.07, 6.45) is 0.694. The Labute approximate surface area is 115 Å². The van der Waals surface area contributed by atoms with Gasteiger partial charge < -0.3 is 5.73 Å². The molecule has 1 aromatic rings. The van der Waals surface area contributed by atoms with E-state index < -0.39 is 0 Å². The Morgan fingerprint density at radius 2 is 2.18 bits per heavy atom. The quantitative estimate of drug-likeness (QED) is 0.817. The summed E-state index contributed by atoms with van der Waals surface area (Å²) >= 11 is 8.14. The topological polar surface area (TPSA) is 29.3 Å². The van der Waals surface area contributed by atoms with Crippen LogP contribution in [0.25, 0.3) is 0 Å². The van der Waals surface area contributed by atoms with Crippen molar-refractivity contribution in [1.29, 1.82) is 0 Å². The van der Waals surface area contributed by atoms with Gasteiger partial charge in [0.25, 0.3) is 0 Å². The maximum atomic E-state index is 13.2. The zero-order chi connectivity index (χ0) is 12.8. The van der Waals surface area contributed by atoms with Crippen molar-refractivity contribution in [2.45, 2.75) is 19.9 Å². The molecule has 0 aliphatic carbocycles. The number of benzene rings is 1. The molecular formula is C12H16BrFN2S. The van der Waals surface area contributed by atoms with Crippen LogP contribution < -0.4 is 5.73 Å². The number of thiocarbonyl (C=S) groups is 1. The van der Waals surface area contributed by atoms with Gasteiger partial charge in [-0.05, 0) is 30.3 Å². The third-order valence-electron chi connectivity index (χ3n) is 2.45. The average molecular weight is 319 g/mol. The second-order valence-electron chi connectivity index (χ2n) is 3.86. The van der Waals surface area contributed by atoms with Crippen LogP contribution in [0.1, 0.15) is 18.9 Å². The van der Waals surface area contributed by atoms with Crippen molar-refractivity contribution in [1.82, 2.24) is 4.90 Å². The lowest BCUT2D eigenvalue weighted by Gasteiger charge is -2.20. The fraction of sp³-hybridized carbons (Fsp3) is 0.417. The number of hydrogen-bond acceptors (Lipinski definition) is 2. The van der Waals surface area contributed by atoms with E-state index in [1.807, 2.05) is 6.07 Å². The van der Waals surface area contributed by atoms with Crippen LogP contribution in [0.4, 0.5) is 4.39 Å². The predicted molar refractivity (Wildman–Crippen MR) is 76.5 cm³/mol. The molecule has 0 amide bonds. The Bertz CT molecular complexity index is 378. The molecule has 0 radical (unpaired) electrons. The van der Waals surface area contributed by atoms with Gasteiger partial charge in [0.15, 0.2) is 0 Å². The summed E-state index contributed by atoms with van der Waals surface area (Å²) < 4.78 is 14.0. The van der Waals surface area contributed by atoms with E-state index >= 15 is 0 Å². The Hall–Kier alpha value is -0.520. The summed E-state index contributed by atoms with van der Waals surface area (Å²) in [5.74, 6) is -0.222. The standard InChI is InChI=1S/C12H16BrFN2S/c1-2-16(4-3-12(15)17)8-9-5-10(13)7-11(14)6-9/h5-7H,2-4,8H2,1H3,(H2,15,17). The van der Waals surface area contributed by atoms with Crippen LogP contribution >= 0.6 is 28.1 Å². The van der Waals surface area contributed by atoms with Gasteiger partial charge in [-0.15, -0.1) is 0 Å². The highest BCUT2D eigenvalue weighted by atomic mass is 79.9. The third kappa shape index (κ3) is 5.57. The van der Waals surface area contributed by atoms with Crippen molar-refractivity contribution >= 4 is 33.1 Å². The van der Waals surface area contributed by atoms with E-state index in [9.17, 15) is 4.39 Å². The molecule has 0 aromatic heterocycles. The molecule has 2 N–H and O–H groups in total. The van der Waals surface area contributed by atoms with Crippen LogP contribution in [-0.4, -0.2) is 23.0 Å². The molecule has 5 heteroatoms. The van der Waals surface area contributed by atoms with Crippen molar-refractivity contribution in [3.8, 4) is 0 Å². The van der Waals surface area contributed by atoms with E-state index in [2.05, 4.69) is 27.8 Å². The first-order valence-electron chi connectivity index (χ1n) is 5.47. The Kier molecular flexibility index (Phi) is 6.02. The van der Waals surface area contributed by atoms with E-state index in [0.29, 0.717) is 18.0 Å².